The summed E-state index contributed by atoms with van der Waals surface area (Å²) in [6, 6.07) is 4.36. The van der Waals surface area contributed by atoms with Crippen LogP contribution in [0.5, 0.6) is 11.5 Å². The highest BCUT2D eigenvalue weighted by Gasteiger charge is 2.36. The molecule has 0 saturated heterocycles. The van der Waals surface area contributed by atoms with Gasteiger partial charge in [0, 0.05) is 12.8 Å². The smallest absolute Gasteiger partial charge is 0.468 e. The second-order valence-electron chi connectivity index (χ2n) is 11.3. The van der Waals surface area contributed by atoms with Gasteiger partial charge in [0.15, 0.2) is 11.5 Å². The van der Waals surface area contributed by atoms with Crippen molar-refractivity contribution in [3.63, 3.8) is 0 Å². The number of hydrogen-bond donors (Lipinski definition) is 1. The summed E-state index contributed by atoms with van der Waals surface area (Å²) in [5.74, 6) is -1.60. The molecule has 1 aromatic carbocycles. The molecule has 0 aliphatic heterocycles. The highest BCUT2D eigenvalue weighted by atomic mass is 16.8. The van der Waals surface area contributed by atoms with Crippen LogP contribution < -0.4 is 15.2 Å². The van der Waals surface area contributed by atoms with Crippen molar-refractivity contribution >= 4 is 24.2 Å². The lowest BCUT2D eigenvalue weighted by Crippen LogP contribution is -2.51. The van der Waals surface area contributed by atoms with Crippen LogP contribution in [-0.4, -0.2) is 54.7 Å². The molecule has 0 aromatic heterocycles. The van der Waals surface area contributed by atoms with Gasteiger partial charge in [-0.3, -0.25) is 9.59 Å². The zero-order valence-electron chi connectivity index (χ0n) is 25.9. The van der Waals surface area contributed by atoms with Gasteiger partial charge in [0.1, 0.15) is 16.7 Å². The van der Waals surface area contributed by atoms with Crippen LogP contribution in [0, 0.1) is 5.92 Å². The number of benzene rings is 1. The largest absolute Gasteiger partial charge is 0.514 e. The molecule has 11 nitrogen and oxygen atoms in total. The van der Waals surface area contributed by atoms with E-state index in [4.69, 9.17) is 34.2 Å². The van der Waals surface area contributed by atoms with Gasteiger partial charge in [-0.05, 0) is 64.7 Å². The molecule has 0 bridgehead atoms. The number of nitrogens with two attached hydrogens (primary N) is 1. The highest BCUT2D eigenvalue weighted by molar-refractivity contribution is 5.81. The van der Waals surface area contributed by atoms with Gasteiger partial charge in [0.2, 0.25) is 0 Å². The Bertz CT molecular complexity index is 1050. The monoisotopic (exact) mass is 581 g/mol. The van der Waals surface area contributed by atoms with Crippen LogP contribution in [0.1, 0.15) is 93.1 Å². The first-order chi connectivity index (χ1) is 19.0. The molecule has 0 spiro atoms. The minimum absolute atomic E-state index is 0.0240. The Balaban J connectivity index is 3.26. The predicted octanol–water partition coefficient (Wildman–Crippen LogP) is 5.88. The Morgan fingerprint density at radius 2 is 1.41 bits per heavy atom. The lowest BCUT2D eigenvalue weighted by Gasteiger charge is -2.27. The van der Waals surface area contributed by atoms with Gasteiger partial charge in [0.25, 0.3) is 0 Å². The average Bonchev–Trinajstić information content (AvgIpc) is 2.89. The van der Waals surface area contributed by atoms with Crippen LogP contribution in [0.25, 0.3) is 0 Å². The summed E-state index contributed by atoms with van der Waals surface area (Å²) in [5, 5.41) is 0. The van der Waals surface area contributed by atoms with E-state index in [2.05, 4.69) is 0 Å². The second kappa shape index (κ2) is 15.6. The first-order valence-corrected chi connectivity index (χ1v) is 14.0. The van der Waals surface area contributed by atoms with Crippen molar-refractivity contribution in [2.75, 3.05) is 13.7 Å². The van der Waals surface area contributed by atoms with Crippen LogP contribution in [0.3, 0.4) is 0 Å². The Labute approximate surface area is 243 Å². The third-order valence-electron chi connectivity index (χ3n) is 6.84. The molecule has 0 saturated carbocycles. The third kappa shape index (κ3) is 12.0. The number of ether oxygens (including phenoxy) is 6. The highest BCUT2D eigenvalue weighted by Crippen LogP contribution is 2.32. The van der Waals surface area contributed by atoms with Crippen molar-refractivity contribution < 1.29 is 47.6 Å². The molecular formula is C30H47NO10. The van der Waals surface area contributed by atoms with Gasteiger partial charge in [-0.2, -0.15) is 0 Å². The summed E-state index contributed by atoms with van der Waals surface area (Å²) < 4.78 is 31.8. The lowest BCUT2D eigenvalue weighted by molar-refractivity contribution is -0.153. The number of rotatable bonds is 15. The van der Waals surface area contributed by atoms with Crippen LogP contribution in [0.2, 0.25) is 0 Å². The van der Waals surface area contributed by atoms with Crippen molar-refractivity contribution in [2.24, 2.45) is 11.7 Å². The topological polar surface area (TPSA) is 150 Å². The SMILES string of the molecule is CCC[C@H](C)C(=O)OCCC(N)(Cc1ccc(OC(=O)OC(C)(C)CC)c(OC(=O)OC(C)(C)CC)c1)C(=O)OC. The number of esters is 2. The van der Waals surface area contributed by atoms with E-state index in [1.807, 2.05) is 20.8 Å². The van der Waals surface area contributed by atoms with E-state index in [0.29, 0.717) is 24.8 Å². The number of carbonyl (C=O) groups excluding carboxylic acids is 4. The molecule has 0 heterocycles. The first-order valence-electron chi connectivity index (χ1n) is 14.0. The van der Waals surface area contributed by atoms with Gasteiger partial charge in [-0.15, -0.1) is 0 Å². The van der Waals surface area contributed by atoms with E-state index in [9.17, 15) is 19.2 Å². The maximum absolute atomic E-state index is 12.7. The molecule has 1 unspecified atom stereocenters. The van der Waals surface area contributed by atoms with Crippen molar-refractivity contribution in [1.29, 1.82) is 0 Å². The fourth-order valence-electron chi connectivity index (χ4n) is 3.50. The summed E-state index contributed by atoms with van der Waals surface area (Å²) in [6.07, 6.45) is 0.496. The summed E-state index contributed by atoms with van der Waals surface area (Å²) in [5.41, 5.74) is 3.76. The van der Waals surface area contributed by atoms with Crippen LogP contribution in [0.15, 0.2) is 18.2 Å². The van der Waals surface area contributed by atoms with Gasteiger partial charge >= 0.3 is 24.2 Å². The molecule has 11 heteroatoms. The molecule has 41 heavy (non-hydrogen) atoms. The quantitative estimate of drug-likeness (QED) is 0.150. The van der Waals surface area contributed by atoms with Crippen LogP contribution >= 0.6 is 0 Å². The fourth-order valence-corrected chi connectivity index (χ4v) is 3.50. The molecule has 0 fully saturated rings. The summed E-state index contributed by atoms with van der Waals surface area (Å²) in [7, 11) is 1.21. The second-order valence-corrected chi connectivity index (χ2v) is 11.3. The fraction of sp³-hybridized carbons (Fsp3) is 0.667. The Morgan fingerprint density at radius 3 is 1.90 bits per heavy atom. The van der Waals surface area contributed by atoms with Gasteiger partial charge in [0.05, 0.1) is 19.6 Å². The average molecular weight is 582 g/mol. The molecule has 1 rings (SSSR count). The molecule has 0 aliphatic carbocycles. The minimum Gasteiger partial charge on any atom is -0.468 e. The summed E-state index contributed by atoms with van der Waals surface area (Å²) in [4.78, 5) is 50.0. The number of hydrogen-bond acceptors (Lipinski definition) is 11. The van der Waals surface area contributed by atoms with Crippen molar-refractivity contribution in [1.82, 2.24) is 0 Å². The first kappa shape index (κ1) is 35.7. The van der Waals surface area contributed by atoms with Crippen molar-refractivity contribution in [2.45, 2.75) is 111 Å². The van der Waals surface area contributed by atoms with E-state index < -0.39 is 35.0 Å². The normalized spacial score (nSPS) is 13.8. The summed E-state index contributed by atoms with van der Waals surface area (Å²) >= 11 is 0. The van der Waals surface area contributed by atoms with Crippen molar-refractivity contribution in [3.05, 3.63) is 23.8 Å². The van der Waals surface area contributed by atoms with Crippen molar-refractivity contribution in [3.8, 4) is 11.5 Å². The number of methoxy groups -OCH3 is 1. The Hall–Kier alpha value is -3.34. The molecule has 0 radical (unpaired) electrons. The third-order valence-corrected chi connectivity index (χ3v) is 6.84. The molecule has 232 valence electrons. The summed E-state index contributed by atoms with van der Waals surface area (Å²) in [6.45, 7) is 14.3. The van der Waals surface area contributed by atoms with Crippen LogP contribution in [-0.2, 0) is 35.0 Å². The van der Waals surface area contributed by atoms with Crippen LogP contribution in [0.4, 0.5) is 9.59 Å². The predicted molar refractivity (Wildman–Crippen MR) is 152 cm³/mol. The zero-order chi connectivity index (χ0) is 31.4. The maximum Gasteiger partial charge on any atom is 0.514 e. The zero-order valence-corrected chi connectivity index (χ0v) is 25.9. The molecule has 2 N–H and O–H groups in total. The van der Waals surface area contributed by atoms with Gasteiger partial charge < -0.3 is 34.2 Å². The van der Waals surface area contributed by atoms with Gasteiger partial charge in [-0.1, -0.05) is 40.2 Å². The lowest BCUT2D eigenvalue weighted by atomic mass is 9.88. The van der Waals surface area contributed by atoms with Gasteiger partial charge in [-0.25, -0.2) is 9.59 Å². The number of carbonyl (C=O) groups is 4. The van der Waals surface area contributed by atoms with E-state index in [1.54, 1.807) is 40.7 Å². The van der Waals surface area contributed by atoms with E-state index in [0.717, 1.165) is 6.42 Å². The van der Waals surface area contributed by atoms with E-state index in [-0.39, 0.29) is 42.8 Å². The van der Waals surface area contributed by atoms with E-state index >= 15 is 0 Å². The molecule has 2 atom stereocenters. The van der Waals surface area contributed by atoms with E-state index in [1.165, 1.54) is 19.2 Å². The maximum atomic E-state index is 12.7. The molecule has 1 aromatic rings. The Kier molecular flexibility index (Phi) is 13.6. The Morgan fingerprint density at radius 1 is 0.878 bits per heavy atom. The minimum atomic E-state index is -1.57. The molecular weight excluding hydrogens is 534 g/mol. The standard InChI is InChI=1S/C30H47NO10/c1-10-13-20(4)24(32)37-17-16-30(31,25(33)36-9)19-21-14-15-22(38-26(34)40-28(5,6)11-2)23(18-21)39-27(35)41-29(7,8)12-3/h14-15,18,20H,10-13,16-17,19,31H2,1-9H3/t20-,30?/m0/s1. The molecule has 0 amide bonds. The molecule has 0 aliphatic rings.